The van der Waals surface area contributed by atoms with Crippen molar-refractivity contribution in [2.24, 2.45) is 40.4 Å². The van der Waals surface area contributed by atoms with Crippen LogP contribution in [0.25, 0.3) is 0 Å². The zero-order valence-electron chi connectivity index (χ0n) is 24.9. The van der Waals surface area contributed by atoms with Gasteiger partial charge in [0.05, 0.1) is 23.7 Å². The molecule has 1 saturated heterocycles. The van der Waals surface area contributed by atoms with Gasteiger partial charge in [0.25, 0.3) is 0 Å². The van der Waals surface area contributed by atoms with Crippen molar-refractivity contribution < 1.29 is 33.7 Å². The van der Waals surface area contributed by atoms with Crippen LogP contribution in [0.2, 0.25) is 0 Å². The average molecular weight is 576 g/mol. The Hall–Kier alpha value is -2.84. The first kappa shape index (κ1) is 28.0. The predicted octanol–water partition coefficient (Wildman–Crippen LogP) is 4.61. The smallest absolute Gasteiger partial charge is 0.357 e. The highest BCUT2D eigenvalue weighted by Crippen LogP contribution is 2.73. The highest BCUT2D eigenvalue weighted by molar-refractivity contribution is 5.98. The van der Waals surface area contributed by atoms with Crippen LogP contribution in [0.1, 0.15) is 76.7 Å². The van der Waals surface area contributed by atoms with Crippen molar-refractivity contribution in [2.75, 3.05) is 6.61 Å². The minimum atomic E-state index is -0.825. The highest BCUT2D eigenvalue weighted by atomic mass is 16.7. The second-order valence-corrected chi connectivity index (χ2v) is 14.1. The topological polar surface area (TPSA) is 115 Å². The number of epoxide rings is 1. The number of ether oxygens (including phenoxy) is 3. The number of cyclic esters (lactones) is 1. The molecule has 1 N–H and O–H groups in total. The Morgan fingerprint density at radius 2 is 2.00 bits per heavy atom. The van der Waals surface area contributed by atoms with Crippen molar-refractivity contribution in [3.63, 3.8) is 0 Å². The maximum absolute atomic E-state index is 13.8. The lowest BCUT2D eigenvalue weighted by Crippen LogP contribution is -2.64. The van der Waals surface area contributed by atoms with Gasteiger partial charge in [-0.05, 0) is 105 Å². The van der Waals surface area contributed by atoms with Crippen LogP contribution < -0.4 is 0 Å². The van der Waals surface area contributed by atoms with Gasteiger partial charge in [-0.15, -0.1) is 0 Å². The molecular weight excluding hydrogens is 534 g/mol. The number of carbonyl (C=O) groups is 3. The van der Waals surface area contributed by atoms with Crippen molar-refractivity contribution in [3.05, 3.63) is 53.4 Å². The maximum atomic E-state index is 13.8. The maximum Gasteiger partial charge on any atom is 0.357 e. The number of esters is 2. The quantitative estimate of drug-likeness (QED) is 0.400. The molecule has 4 fully saturated rings. The second-order valence-electron chi connectivity index (χ2n) is 14.1. The number of fused-ring (bicyclic) bond motifs is 4. The number of hydrogen-bond donors (Lipinski definition) is 1. The van der Waals surface area contributed by atoms with Crippen LogP contribution in [-0.4, -0.2) is 58.3 Å². The van der Waals surface area contributed by atoms with Crippen LogP contribution >= 0.6 is 0 Å². The first-order valence-electron chi connectivity index (χ1n) is 15.6. The Morgan fingerprint density at radius 3 is 2.71 bits per heavy atom. The van der Waals surface area contributed by atoms with Crippen LogP contribution in [0.15, 0.2) is 47.7 Å². The molecule has 1 spiro atoms. The number of ketones is 1. The van der Waals surface area contributed by atoms with E-state index in [1.807, 2.05) is 6.92 Å². The molecule has 224 valence electrons. The van der Waals surface area contributed by atoms with Crippen LogP contribution in [0.3, 0.4) is 0 Å². The van der Waals surface area contributed by atoms with Crippen molar-refractivity contribution >= 4 is 17.7 Å². The summed E-state index contributed by atoms with van der Waals surface area (Å²) in [6, 6.07) is 5.14. The summed E-state index contributed by atoms with van der Waals surface area (Å²) in [5.74, 6) is 0.709. The van der Waals surface area contributed by atoms with Gasteiger partial charge in [0, 0.05) is 12.6 Å². The van der Waals surface area contributed by atoms with Gasteiger partial charge in [0.1, 0.15) is 17.4 Å². The average Bonchev–Trinajstić information content (AvgIpc) is 3.60. The third kappa shape index (κ3) is 3.66. The van der Waals surface area contributed by atoms with Crippen molar-refractivity contribution in [1.29, 1.82) is 0 Å². The van der Waals surface area contributed by atoms with Crippen molar-refractivity contribution in [1.82, 2.24) is 4.98 Å². The molecule has 0 aromatic carbocycles. The van der Waals surface area contributed by atoms with Gasteiger partial charge in [-0.1, -0.05) is 25.5 Å². The molecule has 7 rings (SSSR count). The van der Waals surface area contributed by atoms with Crippen molar-refractivity contribution in [3.8, 4) is 0 Å². The lowest BCUT2D eigenvalue weighted by Gasteiger charge is -2.58. The van der Waals surface area contributed by atoms with Crippen LogP contribution in [-0.2, 0) is 23.8 Å². The van der Waals surface area contributed by atoms with Gasteiger partial charge in [-0.2, -0.15) is 0 Å². The Bertz CT molecular complexity index is 1390. The summed E-state index contributed by atoms with van der Waals surface area (Å²) in [5, 5.41) is 9.61. The summed E-state index contributed by atoms with van der Waals surface area (Å²) in [6.07, 6.45) is 9.54. The fraction of sp³-hybridized carbons (Fsp3) is 0.647. The molecule has 11 atom stereocenters. The molecular formula is C34H41NO7. The SMILES string of the molecule is CC1=C(CO)C(=O)OC(C(C)C2CCC3C4CC5OC56C(OC(=O)c5ccccn5)C=CC(=O)C6(C)C4CCC23C)C1. The number of aromatic nitrogens is 1. The van der Waals surface area contributed by atoms with E-state index < -0.39 is 23.1 Å². The Labute approximate surface area is 246 Å². The van der Waals surface area contributed by atoms with Crippen LogP contribution in [0, 0.1) is 40.4 Å². The summed E-state index contributed by atoms with van der Waals surface area (Å²) in [5.41, 5.74) is 0.0520. The fourth-order valence-corrected chi connectivity index (χ4v) is 10.5. The Kier molecular flexibility index (Phi) is 6.38. The van der Waals surface area contributed by atoms with Crippen LogP contribution in [0.4, 0.5) is 0 Å². The largest absolute Gasteiger partial charge is 0.458 e. The molecule has 0 amide bonds. The second kappa shape index (κ2) is 9.58. The van der Waals surface area contributed by atoms with Crippen LogP contribution in [0.5, 0.6) is 0 Å². The molecule has 2 aliphatic heterocycles. The number of aliphatic hydroxyl groups is 1. The third-order valence-corrected chi connectivity index (χ3v) is 12.7. The standard InChI is InChI=1S/C34H41NO7/c1-18-15-26(40-30(38)21(18)17-36)19(2)22-8-9-23-20-16-29-34(42-29)28(41-31(39)25-7-5-6-14-35-25)11-10-27(37)33(34,4)24(20)12-13-32(22,23)3/h5-7,10-11,14,19-20,22-24,26,28-29,36H,8-9,12-13,15-17H2,1-4H3. The molecule has 3 heterocycles. The number of aliphatic hydroxyl groups excluding tert-OH is 1. The van der Waals surface area contributed by atoms with Gasteiger partial charge >= 0.3 is 11.9 Å². The Balaban J connectivity index is 1.13. The minimum Gasteiger partial charge on any atom is -0.458 e. The first-order valence-corrected chi connectivity index (χ1v) is 15.6. The molecule has 8 heteroatoms. The summed E-state index contributed by atoms with van der Waals surface area (Å²) in [6.45, 7) is 8.36. The van der Waals surface area contributed by atoms with E-state index in [9.17, 15) is 19.5 Å². The number of hydrogen-bond acceptors (Lipinski definition) is 8. The van der Waals surface area contributed by atoms with E-state index in [0.717, 1.165) is 37.7 Å². The molecule has 8 nitrogen and oxygen atoms in total. The monoisotopic (exact) mass is 575 g/mol. The van der Waals surface area contributed by atoms with Gasteiger partial charge < -0.3 is 19.3 Å². The zero-order chi connectivity index (χ0) is 29.6. The number of nitrogens with zero attached hydrogens (tertiary/aromatic N) is 1. The van der Waals surface area contributed by atoms with E-state index in [4.69, 9.17) is 14.2 Å². The summed E-state index contributed by atoms with van der Waals surface area (Å²) in [4.78, 5) is 43.6. The molecule has 11 unspecified atom stereocenters. The third-order valence-electron chi connectivity index (χ3n) is 12.7. The van der Waals surface area contributed by atoms with Gasteiger partial charge in [-0.3, -0.25) is 4.79 Å². The molecule has 0 radical (unpaired) electrons. The molecule has 4 aliphatic carbocycles. The lowest BCUT2D eigenvalue weighted by molar-refractivity contribution is -0.156. The normalized spacial score (nSPS) is 44.4. The minimum absolute atomic E-state index is 0.0749. The predicted molar refractivity (Wildman–Crippen MR) is 152 cm³/mol. The first-order chi connectivity index (χ1) is 20.1. The van der Waals surface area contributed by atoms with Crippen molar-refractivity contribution in [2.45, 2.75) is 90.1 Å². The van der Waals surface area contributed by atoms with E-state index in [-0.39, 0.29) is 53.5 Å². The summed E-state index contributed by atoms with van der Waals surface area (Å²) < 4.78 is 18.4. The van der Waals surface area contributed by atoms with Gasteiger partial charge in [-0.25, -0.2) is 14.6 Å². The zero-order valence-corrected chi connectivity index (χ0v) is 24.9. The Morgan fingerprint density at radius 1 is 1.19 bits per heavy atom. The number of carbonyl (C=O) groups excluding carboxylic acids is 3. The summed E-state index contributed by atoms with van der Waals surface area (Å²) in [7, 11) is 0. The van der Waals surface area contributed by atoms with E-state index >= 15 is 0 Å². The molecule has 1 aromatic rings. The van der Waals surface area contributed by atoms with E-state index in [1.165, 1.54) is 0 Å². The number of pyridine rings is 1. The van der Waals surface area contributed by atoms with Gasteiger partial charge in [0.2, 0.25) is 0 Å². The van der Waals surface area contributed by atoms with Gasteiger partial charge in [0.15, 0.2) is 11.9 Å². The summed E-state index contributed by atoms with van der Waals surface area (Å²) >= 11 is 0. The van der Waals surface area contributed by atoms with E-state index in [1.54, 1.807) is 36.5 Å². The molecule has 1 aromatic heterocycles. The highest BCUT2D eigenvalue weighted by Gasteiger charge is 2.81. The number of rotatable bonds is 5. The molecule has 3 saturated carbocycles. The lowest BCUT2D eigenvalue weighted by atomic mass is 9.44. The molecule has 42 heavy (non-hydrogen) atoms. The fourth-order valence-electron chi connectivity index (χ4n) is 10.5. The van der Waals surface area contributed by atoms with E-state index in [2.05, 4.69) is 25.8 Å². The van der Waals surface area contributed by atoms with E-state index in [0.29, 0.717) is 29.7 Å². The molecule has 0 bridgehead atoms. The molecule has 6 aliphatic rings. The number of allylic oxidation sites excluding steroid dienone is 1.